The van der Waals surface area contributed by atoms with E-state index in [4.69, 9.17) is 5.73 Å². The number of aliphatic hydroxyl groups excluding tert-OH is 3. The van der Waals surface area contributed by atoms with Gasteiger partial charge in [0.2, 0.25) is 5.78 Å². The van der Waals surface area contributed by atoms with Crippen LogP contribution in [0.4, 0.5) is 5.69 Å². The number of ketones is 2. The van der Waals surface area contributed by atoms with Crippen molar-refractivity contribution in [3.63, 3.8) is 0 Å². The number of primary amides is 1. The predicted molar refractivity (Wildman–Crippen MR) is 173 cm³/mol. The number of Topliss-reactive ketones (excluding diaryl/α,β-unsaturated/α-hetero) is 2. The number of nitrogens with zero attached hydrogens (tertiary/aromatic N) is 2. The fourth-order valence-electron chi connectivity index (χ4n) is 7.70. The average Bonchev–Trinajstić information content (AvgIpc) is 3.03. The van der Waals surface area contributed by atoms with E-state index in [1.54, 1.807) is 19.1 Å². The SMILES string of the molecule is C[C@H]1c2ccc(N(Cc3ccccc3)Cc3ccccc3)c(O)c2C(=O)C2=C(O)[C@]3(O)C(=O)C(C(N)=O)=C(O)[C@@H](N(C)C)[C@@H]3[C@@H](O)[C@@H]21. The smallest absolute Gasteiger partial charge is 0.255 e. The van der Waals surface area contributed by atoms with Crippen molar-refractivity contribution >= 4 is 23.2 Å². The number of amides is 1. The quantitative estimate of drug-likeness (QED) is 0.210. The van der Waals surface area contributed by atoms with E-state index in [1.165, 1.54) is 19.0 Å². The van der Waals surface area contributed by atoms with E-state index >= 15 is 0 Å². The van der Waals surface area contributed by atoms with Crippen LogP contribution in [-0.2, 0) is 22.7 Å². The lowest BCUT2D eigenvalue weighted by Crippen LogP contribution is -2.68. The highest BCUT2D eigenvalue weighted by atomic mass is 16.4. The maximum absolute atomic E-state index is 14.4. The summed E-state index contributed by atoms with van der Waals surface area (Å²) in [5, 5.41) is 58.4. The molecule has 0 radical (unpaired) electrons. The van der Waals surface area contributed by atoms with Gasteiger partial charge in [0, 0.05) is 24.6 Å². The third-order valence-electron chi connectivity index (χ3n) is 9.88. The van der Waals surface area contributed by atoms with Gasteiger partial charge in [-0.25, -0.2) is 0 Å². The minimum absolute atomic E-state index is 0.130. The second kappa shape index (κ2) is 11.7. The highest BCUT2D eigenvalue weighted by Crippen LogP contribution is 2.56. The number of phenols is 1. The number of anilines is 1. The van der Waals surface area contributed by atoms with E-state index in [1.807, 2.05) is 65.6 Å². The largest absolute Gasteiger partial charge is 0.510 e. The van der Waals surface area contributed by atoms with Crippen molar-refractivity contribution < 1.29 is 39.9 Å². The lowest BCUT2D eigenvalue weighted by Gasteiger charge is -2.53. The van der Waals surface area contributed by atoms with Gasteiger partial charge < -0.3 is 36.2 Å². The van der Waals surface area contributed by atoms with E-state index in [9.17, 15) is 39.9 Å². The lowest BCUT2D eigenvalue weighted by molar-refractivity contribution is -0.162. The van der Waals surface area contributed by atoms with Gasteiger partial charge >= 0.3 is 0 Å². The van der Waals surface area contributed by atoms with E-state index in [-0.39, 0.29) is 11.3 Å². The molecule has 3 aromatic carbocycles. The van der Waals surface area contributed by atoms with Crippen molar-refractivity contribution in [3.05, 3.63) is 118 Å². The average molecular weight is 640 g/mol. The van der Waals surface area contributed by atoms with Crippen LogP contribution < -0.4 is 10.6 Å². The van der Waals surface area contributed by atoms with Crippen LogP contribution >= 0.6 is 0 Å². The molecule has 1 amide bonds. The normalized spacial score (nSPS) is 27.0. The molecule has 3 aliphatic rings. The topological polar surface area (TPSA) is 185 Å². The molecule has 0 heterocycles. The van der Waals surface area contributed by atoms with Gasteiger partial charge in [0.15, 0.2) is 11.4 Å². The molecule has 244 valence electrons. The second-order valence-corrected chi connectivity index (χ2v) is 12.8. The number of benzene rings is 3. The number of carbonyl (C=O) groups is 3. The van der Waals surface area contributed by atoms with Crippen LogP contribution in [-0.4, -0.2) is 79.7 Å². The molecule has 3 aliphatic carbocycles. The number of nitrogens with two attached hydrogens (primary N) is 1. The number of carbonyl (C=O) groups excluding carboxylic acids is 3. The summed E-state index contributed by atoms with van der Waals surface area (Å²) in [7, 11) is 3.00. The fourth-order valence-corrected chi connectivity index (χ4v) is 7.70. The van der Waals surface area contributed by atoms with Crippen LogP contribution in [0.3, 0.4) is 0 Å². The van der Waals surface area contributed by atoms with Gasteiger partial charge in [-0.2, -0.15) is 0 Å². The number of aliphatic hydroxyl groups is 4. The van der Waals surface area contributed by atoms with E-state index in [0.29, 0.717) is 24.3 Å². The first-order chi connectivity index (χ1) is 22.3. The third kappa shape index (κ3) is 4.81. The molecule has 47 heavy (non-hydrogen) atoms. The number of phenolic OH excluding ortho intramolecular Hbond substituents is 1. The van der Waals surface area contributed by atoms with Gasteiger partial charge in [-0.3, -0.25) is 19.3 Å². The zero-order valence-corrected chi connectivity index (χ0v) is 26.2. The summed E-state index contributed by atoms with van der Waals surface area (Å²) in [4.78, 5) is 43.7. The first-order valence-corrected chi connectivity index (χ1v) is 15.3. The summed E-state index contributed by atoms with van der Waals surface area (Å²) in [6.45, 7) is 2.48. The van der Waals surface area contributed by atoms with Crippen molar-refractivity contribution in [1.29, 1.82) is 0 Å². The molecule has 11 heteroatoms. The van der Waals surface area contributed by atoms with Crippen molar-refractivity contribution in [3.8, 4) is 5.75 Å². The summed E-state index contributed by atoms with van der Waals surface area (Å²) >= 11 is 0. The molecule has 0 spiro atoms. The molecule has 0 aromatic heterocycles. The number of rotatable bonds is 7. The Labute approximate surface area is 271 Å². The van der Waals surface area contributed by atoms with Crippen molar-refractivity contribution in [2.45, 2.75) is 43.7 Å². The monoisotopic (exact) mass is 639 g/mol. The van der Waals surface area contributed by atoms with Crippen molar-refractivity contribution in [1.82, 2.24) is 4.90 Å². The van der Waals surface area contributed by atoms with E-state index < -0.39 is 75.6 Å². The number of hydrogen-bond donors (Lipinski definition) is 6. The molecule has 0 saturated carbocycles. The Morgan fingerprint density at radius 3 is 1.96 bits per heavy atom. The number of aromatic hydroxyl groups is 1. The molecule has 0 bridgehead atoms. The minimum Gasteiger partial charge on any atom is -0.510 e. The minimum atomic E-state index is -2.97. The second-order valence-electron chi connectivity index (χ2n) is 12.8. The highest BCUT2D eigenvalue weighted by molar-refractivity contribution is 6.25. The lowest BCUT2D eigenvalue weighted by atomic mass is 9.55. The summed E-state index contributed by atoms with van der Waals surface area (Å²) < 4.78 is 0. The van der Waals surface area contributed by atoms with Gasteiger partial charge in [-0.1, -0.05) is 73.7 Å². The molecule has 3 aromatic rings. The molecule has 0 fully saturated rings. The molecule has 7 N–H and O–H groups in total. The van der Waals surface area contributed by atoms with Crippen LogP contribution in [0.5, 0.6) is 5.75 Å². The van der Waals surface area contributed by atoms with Gasteiger partial charge in [0.1, 0.15) is 22.8 Å². The van der Waals surface area contributed by atoms with Crippen LogP contribution in [0.2, 0.25) is 0 Å². The van der Waals surface area contributed by atoms with E-state index in [0.717, 1.165) is 11.1 Å². The molecule has 11 nitrogen and oxygen atoms in total. The van der Waals surface area contributed by atoms with Gasteiger partial charge in [-0.15, -0.1) is 0 Å². The number of likely N-dealkylation sites (N-methyl/N-ethyl adjacent to an activating group) is 1. The third-order valence-corrected chi connectivity index (χ3v) is 9.88. The summed E-state index contributed by atoms with van der Waals surface area (Å²) in [5.74, 6) is -9.18. The van der Waals surface area contributed by atoms with Crippen LogP contribution in [0, 0.1) is 11.8 Å². The maximum atomic E-state index is 14.4. The summed E-state index contributed by atoms with van der Waals surface area (Å²) in [6, 6.07) is 21.3. The van der Waals surface area contributed by atoms with Crippen LogP contribution in [0.25, 0.3) is 0 Å². The number of fused-ring (bicyclic) bond motifs is 3. The van der Waals surface area contributed by atoms with Crippen LogP contribution in [0.1, 0.15) is 39.9 Å². The Morgan fingerprint density at radius 1 is 0.894 bits per heavy atom. The molecule has 0 aliphatic heterocycles. The first kappa shape index (κ1) is 32.0. The molecule has 0 saturated heterocycles. The van der Waals surface area contributed by atoms with Crippen LogP contribution in [0.15, 0.2) is 95.5 Å². The molecule has 6 rings (SSSR count). The summed E-state index contributed by atoms with van der Waals surface area (Å²) in [6.07, 6.45) is -1.65. The number of hydrogen-bond acceptors (Lipinski definition) is 10. The Bertz CT molecular complexity index is 1800. The molecule has 6 atom stereocenters. The molecule has 0 unspecified atom stereocenters. The standard InChI is InChI=1S/C36H37N3O8/c1-18-21-14-15-22(39(16-19-10-6-4-7-11-19)17-20-12-8-5-9-13-20)29(40)24(21)30(41)25-23(18)31(42)27-28(38(2)3)32(43)26(35(37)46)34(45)36(27,47)33(25)44/h4-15,18,23,27-28,31,40,42-44,47H,16-17H2,1-3H3,(H2,37,46)/t18-,23+,27+,28-,31-,36-/m0/s1. The Morgan fingerprint density at radius 2 is 1.45 bits per heavy atom. The molecular weight excluding hydrogens is 602 g/mol. The van der Waals surface area contributed by atoms with E-state index in [2.05, 4.69) is 0 Å². The zero-order chi connectivity index (χ0) is 33.9. The van der Waals surface area contributed by atoms with Gasteiger partial charge in [0.25, 0.3) is 5.91 Å². The summed E-state index contributed by atoms with van der Waals surface area (Å²) in [5.41, 5.74) is 3.60. The first-order valence-electron chi connectivity index (χ1n) is 15.3. The highest BCUT2D eigenvalue weighted by Gasteiger charge is 2.67. The Balaban J connectivity index is 1.52. The van der Waals surface area contributed by atoms with Gasteiger partial charge in [-0.05, 0) is 42.8 Å². The van der Waals surface area contributed by atoms with Gasteiger partial charge in [0.05, 0.1) is 29.3 Å². The predicted octanol–water partition coefficient (Wildman–Crippen LogP) is 2.86. The fraction of sp³-hybridized carbons (Fsp3) is 0.306. The van der Waals surface area contributed by atoms with Crippen molar-refractivity contribution in [2.75, 3.05) is 19.0 Å². The molecular formula is C36H37N3O8. The van der Waals surface area contributed by atoms with Crippen molar-refractivity contribution in [2.24, 2.45) is 17.6 Å². The zero-order valence-electron chi connectivity index (χ0n) is 26.2. The maximum Gasteiger partial charge on any atom is 0.255 e. The Kier molecular flexibility index (Phi) is 7.95. The Hall–Kier alpha value is -4.97.